The first-order valence-electron chi connectivity index (χ1n) is 42.7. The van der Waals surface area contributed by atoms with Crippen molar-refractivity contribution in [3.63, 3.8) is 0 Å². The minimum atomic E-state index is -0.405. The Bertz CT molecular complexity index is 7860. The largest absolute Gasteiger partial charge is 0.310 e. The summed E-state index contributed by atoms with van der Waals surface area (Å²) in [5.41, 5.74) is 32.2. The van der Waals surface area contributed by atoms with E-state index in [0.717, 1.165) is 162 Å². The molecule has 24 rings (SSSR count). The van der Waals surface area contributed by atoms with E-state index in [1.54, 1.807) is 0 Å². The molecule has 0 aliphatic carbocycles. The molecule has 0 N–H and O–H groups in total. The number of hydrogen-bond acceptors (Lipinski definition) is 5. The van der Waals surface area contributed by atoms with Gasteiger partial charge in [-0.3, -0.25) is 9.13 Å². The standard InChI is InChI=1S/C114H82BN7S/c1-113(2,3)77-63-94(116-108(66-77)119-98-53-27-21-43-86(98)87-44-22-28-54-99(87)119)75-57-59-101-92(61-75)115-93-62-76(95-67-79(118-96-51-25-19-41-84(96)85-42-20-26-52-97(85)118)68-109(117-95)120-100-55-29-23-45-88(100)90-70-107-91(69-103(90)120)89-46-24-30-56-106(89)123-107)58-60-102(93)122(112-82(73-37-15-9-16-38-73)49-32-50-83(112)74-39-17-10-18-40-74)105-65-78(114(4,5)6)64-104(110(105)115)121(101)111-80(71-33-11-7-12-34-71)47-31-48-81(111)72-35-13-8-14-36-72/h7-70H,1-6H3. The van der Waals surface area contributed by atoms with E-state index < -0.39 is 6.71 Å². The Hall–Kier alpha value is -14.9. The van der Waals surface area contributed by atoms with Crippen LogP contribution in [0.3, 0.4) is 0 Å². The van der Waals surface area contributed by atoms with Gasteiger partial charge in [0.15, 0.2) is 0 Å². The second-order valence-corrected chi connectivity index (χ2v) is 36.3. The molecule has 582 valence electrons. The number of fused-ring (bicyclic) bond motifs is 16. The number of aromatic nitrogens is 5. The first kappa shape index (κ1) is 72.1. The SMILES string of the molecule is CC(C)(C)c1cc(-c2ccc3c(c2)B2c4cc(-c5cc(-n6c7ccccc7c7ccccc76)cc(-n6c7ccccc7c7cc8sc9ccccc9c8cc76)n5)ccc4N(c4c(-c5ccccc5)cccc4-c4ccccc4)c4cc(C(C)(C)C)cc(c42)N3c2c(-c3ccccc3)cccc2-c2ccccc2)nc(-n2c3ccccc3c3ccccc32)c1. The highest BCUT2D eigenvalue weighted by atomic mass is 32.1. The number of para-hydroxylation sites is 7. The van der Waals surface area contributed by atoms with Crippen LogP contribution >= 0.6 is 11.3 Å². The van der Waals surface area contributed by atoms with Gasteiger partial charge in [-0.1, -0.05) is 333 Å². The van der Waals surface area contributed by atoms with Gasteiger partial charge in [-0.05, 0) is 163 Å². The molecule has 0 fully saturated rings. The van der Waals surface area contributed by atoms with Crippen LogP contribution in [0.25, 0.3) is 170 Å². The van der Waals surface area contributed by atoms with Crippen molar-refractivity contribution in [3.8, 4) is 84.3 Å². The Morgan fingerprint density at radius 2 is 0.618 bits per heavy atom. The summed E-state index contributed by atoms with van der Waals surface area (Å²) in [6.45, 7) is 13.7. The molecule has 0 radical (unpaired) electrons. The normalized spacial score (nSPS) is 12.7. The Labute approximate surface area is 718 Å². The fourth-order valence-electron chi connectivity index (χ4n) is 20.1. The van der Waals surface area contributed by atoms with Gasteiger partial charge in [0.2, 0.25) is 0 Å². The molecule has 123 heavy (non-hydrogen) atoms. The molecule has 2 aliphatic rings. The minimum Gasteiger partial charge on any atom is -0.310 e. The van der Waals surface area contributed by atoms with Gasteiger partial charge in [0.25, 0.3) is 6.71 Å². The smallest absolute Gasteiger partial charge is 0.252 e. The topological polar surface area (TPSA) is 47.1 Å². The number of rotatable bonds is 11. The third-order valence-electron chi connectivity index (χ3n) is 25.9. The second kappa shape index (κ2) is 27.8. The van der Waals surface area contributed by atoms with E-state index in [1.807, 2.05) is 11.3 Å². The van der Waals surface area contributed by atoms with Gasteiger partial charge in [-0.2, -0.15) is 0 Å². The first-order valence-corrected chi connectivity index (χ1v) is 43.5. The molecule has 0 saturated carbocycles. The number of nitrogens with zero attached hydrogens (tertiary/aromatic N) is 7. The maximum Gasteiger partial charge on any atom is 0.252 e. The van der Waals surface area contributed by atoms with Crippen molar-refractivity contribution in [2.75, 3.05) is 9.80 Å². The summed E-state index contributed by atoms with van der Waals surface area (Å²) in [7, 11) is 0. The third kappa shape index (κ3) is 11.5. The number of thiophene rings is 1. The summed E-state index contributed by atoms with van der Waals surface area (Å²) < 4.78 is 9.83. The fourth-order valence-corrected chi connectivity index (χ4v) is 21.2. The van der Waals surface area contributed by atoms with Crippen molar-refractivity contribution in [2.24, 2.45) is 0 Å². The van der Waals surface area contributed by atoms with Crippen LogP contribution in [0.2, 0.25) is 0 Å². The highest BCUT2D eigenvalue weighted by Gasteiger charge is 2.47. The lowest BCUT2D eigenvalue weighted by Gasteiger charge is -2.46. The van der Waals surface area contributed by atoms with Crippen LogP contribution in [0.15, 0.2) is 388 Å². The number of pyridine rings is 2. The van der Waals surface area contributed by atoms with Gasteiger partial charge in [-0.25, -0.2) is 9.97 Å². The molecular weight excluding hydrogens is 1510 g/mol. The molecular formula is C114H82BN7S. The number of hydrogen-bond donors (Lipinski definition) is 0. The van der Waals surface area contributed by atoms with Crippen molar-refractivity contribution in [1.29, 1.82) is 0 Å². The average molecular weight is 1590 g/mol. The van der Waals surface area contributed by atoms with Crippen LogP contribution in [0.5, 0.6) is 0 Å². The molecule has 8 heterocycles. The second-order valence-electron chi connectivity index (χ2n) is 35.2. The fraction of sp³-hybridized carbons (Fsp3) is 0.0702. The average Bonchev–Trinajstić information content (AvgIpc) is 1.56. The van der Waals surface area contributed by atoms with Crippen LogP contribution in [0, 0.1) is 0 Å². The van der Waals surface area contributed by atoms with Gasteiger partial charge < -0.3 is 14.4 Å². The predicted octanol–water partition coefficient (Wildman–Crippen LogP) is 28.8. The molecule has 16 aromatic carbocycles. The zero-order valence-corrected chi connectivity index (χ0v) is 69.9. The summed E-state index contributed by atoms with van der Waals surface area (Å²) in [4.78, 5) is 17.5. The third-order valence-corrected chi connectivity index (χ3v) is 27.0. The molecule has 0 saturated heterocycles. The van der Waals surface area contributed by atoms with E-state index in [9.17, 15) is 0 Å². The summed E-state index contributed by atoms with van der Waals surface area (Å²) in [5, 5.41) is 9.62. The number of benzene rings is 16. The Kier molecular flexibility index (Phi) is 16.3. The summed E-state index contributed by atoms with van der Waals surface area (Å²) >= 11 is 1.86. The zero-order valence-electron chi connectivity index (χ0n) is 69.1. The van der Waals surface area contributed by atoms with Gasteiger partial charge in [0.1, 0.15) is 11.6 Å². The highest BCUT2D eigenvalue weighted by molar-refractivity contribution is 7.25. The van der Waals surface area contributed by atoms with E-state index in [4.69, 9.17) is 9.97 Å². The van der Waals surface area contributed by atoms with E-state index in [2.05, 4.69) is 453 Å². The highest BCUT2D eigenvalue weighted by Crippen LogP contribution is 2.55. The van der Waals surface area contributed by atoms with Gasteiger partial charge >= 0.3 is 0 Å². The Morgan fingerprint density at radius 3 is 1.06 bits per heavy atom. The molecule has 0 amide bonds. The van der Waals surface area contributed by atoms with Crippen LogP contribution in [0.4, 0.5) is 34.1 Å². The lowest BCUT2D eigenvalue weighted by atomic mass is 9.33. The molecule has 7 nitrogen and oxygen atoms in total. The summed E-state index contributed by atoms with van der Waals surface area (Å²) in [6, 6.07) is 145. The Balaban J connectivity index is 0.843. The van der Waals surface area contributed by atoms with Crippen molar-refractivity contribution in [3.05, 3.63) is 399 Å². The lowest BCUT2D eigenvalue weighted by molar-refractivity contribution is 0.589. The van der Waals surface area contributed by atoms with Crippen molar-refractivity contribution >= 4 is 154 Å². The molecule has 2 aliphatic heterocycles. The van der Waals surface area contributed by atoms with Crippen molar-refractivity contribution in [1.82, 2.24) is 23.7 Å². The van der Waals surface area contributed by atoms with E-state index in [0.29, 0.717) is 0 Å². The molecule has 0 atom stereocenters. The quantitative estimate of drug-likeness (QED) is 0.121. The van der Waals surface area contributed by atoms with Crippen LogP contribution in [-0.4, -0.2) is 30.4 Å². The molecule has 0 unspecified atom stereocenters. The molecule has 6 aromatic heterocycles. The summed E-state index contributed by atoms with van der Waals surface area (Å²) in [5.74, 6) is 1.69. The van der Waals surface area contributed by atoms with Gasteiger partial charge in [0, 0.05) is 104 Å². The van der Waals surface area contributed by atoms with Crippen LogP contribution < -0.4 is 26.2 Å². The molecule has 0 spiro atoms. The van der Waals surface area contributed by atoms with Crippen LogP contribution in [0.1, 0.15) is 52.7 Å². The maximum absolute atomic E-state index is 6.19. The van der Waals surface area contributed by atoms with Gasteiger partial charge in [0.05, 0.1) is 61.6 Å². The van der Waals surface area contributed by atoms with Crippen molar-refractivity contribution < 1.29 is 0 Å². The Morgan fingerprint density at radius 1 is 0.252 bits per heavy atom. The molecule has 22 aromatic rings. The van der Waals surface area contributed by atoms with E-state index in [1.165, 1.54) is 69.1 Å². The first-order chi connectivity index (χ1) is 60.3. The number of anilines is 6. The monoisotopic (exact) mass is 1590 g/mol. The van der Waals surface area contributed by atoms with Crippen molar-refractivity contribution in [2.45, 2.75) is 52.4 Å². The zero-order chi connectivity index (χ0) is 82.1. The molecule has 0 bridgehead atoms. The van der Waals surface area contributed by atoms with Crippen LogP contribution in [-0.2, 0) is 10.8 Å². The maximum atomic E-state index is 6.19. The van der Waals surface area contributed by atoms with Gasteiger partial charge in [-0.15, -0.1) is 11.3 Å². The summed E-state index contributed by atoms with van der Waals surface area (Å²) in [6.07, 6.45) is 0. The van der Waals surface area contributed by atoms with E-state index >= 15 is 0 Å². The molecule has 9 heteroatoms. The predicted molar refractivity (Wildman–Crippen MR) is 522 cm³/mol. The minimum absolute atomic E-state index is 0.264. The lowest BCUT2D eigenvalue weighted by Crippen LogP contribution is -2.61. The van der Waals surface area contributed by atoms with E-state index in [-0.39, 0.29) is 10.8 Å².